The van der Waals surface area contributed by atoms with Gasteiger partial charge in [0.05, 0.1) is 17.4 Å². The lowest BCUT2D eigenvalue weighted by atomic mass is 9.81. The predicted molar refractivity (Wildman–Crippen MR) is 80.3 cm³/mol. The van der Waals surface area contributed by atoms with Crippen molar-refractivity contribution < 1.29 is 14.4 Å². The molecule has 4 rings (SSSR count). The summed E-state index contributed by atoms with van der Waals surface area (Å²) in [5.41, 5.74) is 1.18. The van der Waals surface area contributed by atoms with E-state index in [-0.39, 0.29) is 30.2 Å². The third-order valence-corrected chi connectivity index (χ3v) is 4.81. The quantitative estimate of drug-likeness (QED) is 0.779. The molecule has 0 N–H and O–H groups in total. The first-order valence-electron chi connectivity index (χ1n) is 7.85. The average Bonchev–Trinajstić information content (AvgIpc) is 3.11. The fourth-order valence-corrected chi connectivity index (χ4v) is 3.64. The molecule has 118 valence electrons. The van der Waals surface area contributed by atoms with Crippen molar-refractivity contribution in [2.24, 2.45) is 11.8 Å². The van der Waals surface area contributed by atoms with Gasteiger partial charge in [-0.1, -0.05) is 30.2 Å². The van der Waals surface area contributed by atoms with Gasteiger partial charge >= 0.3 is 0 Å². The molecule has 2 atom stereocenters. The van der Waals surface area contributed by atoms with Crippen LogP contribution in [-0.2, 0) is 9.59 Å². The second-order valence-corrected chi connectivity index (χ2v) is 6.14. The van der Waals surface area contributed by atoms with Crippen LogP contribution in [0.3, 0.4) is 0 Å². The molecule has 1 aliphatic carbocycles. The average molecular weight is 312 g/mol. The molecule has 1 aliphatic heterocycles. The maximum atomic E-state index is 12.5. The molecular formula is C16H16N4O3. The number of rotatable bonds is 2. The number of carbonyl (C=O) groups excluding carboxylic acids is 3. The Morgan fingerprint density at radius 3 is 2.43 bits per heavy atom. The Kier molecular flexibility index (Phi) is 3.21. The highest BCUT2D eigenvalue weighted by atomic mass is 16.2. The second-order valence-electron chi connectivity index (χ2n) is 6.14. The van der Waals surface area contributed by atoms with Crippen LogP contribution in [0.1, 0.15) is 30.5 Å². The van der Waals surface area contributed by atoms with E-state index >= 15 is 0 Å². The number of para-hydroxylation sites is 1. The Morgan fingerprint density at radius 1 is 1.09 bits per heavy atom. The molecule has 23 heavy (non-hydrogen) atoms. The summed E-state index contributed by atoms with van der Waals surface area (Å²) in [6.07, 6.45) is 3.42. The van der Waals surface area contributed by atoms with Crippen LogP contribution < -0.4 is 0 Å². The first kappa shape index (κ1) is 14.0. The molecule has 1 saturated heterocycles. The molecule has 2 amide bonds. The summed E-state index contributed by atoms with van der Waals surface area (Å²) in [5.74, 6) is -1.32. The molecule has 0 radical (unpaired) electrons. The Morgan fingerprint density at radius 2 is 1.74 bits per heavy atom. The smallest absolute Gasteiger partial charge is 0.268 e. The summed E-state index contributed by atoms with van der Waals surface area (Å²) in [7, 11) is 0. The minimum Gasteiger partial charge on any atom is -0.274 e. The lowest BCUT2D eigenvalue weighted by Crippen LogP contribution is -2.38. The summed E-state index contributed by atoms with van der Waals surface area (Å²) in [5, 5.41) is 7.77. The minimum absolute atomic E-state index is 0.211. The topological polar surface area (TPSA) is 85.2 Å². The van der Waals surface area contributed by atoms with E-state index in [9.17, 15) is 14.4 Å². The number of fused-ring (bicyclic) bond motifs is 2. The Bertz CT molecular complexity index is 789. The zero-order valence-corrected chi connectivity index (χ0v) is 12.5. The molecule has 1 saturated carbocycles. The summed E-state index contributed by atoms with van der Waals surface area (Å²) in [6, 6.07) is 7.09. The Labute approximate surface area is 132 Å². The lowest BCUT2D eigenvalue weighted by molar-refractivity contribution is -0.139. The molecule has 0 bridgehead atoms. The van der Waals surface area contributed by atoms with Gasteiger partial charge in [0.2, 0.25) is 11.8 Å². The van der Waals surface area contributed by atoms with E-state index in [4.69, 9.17) is 0 Å². The van der Waals surface area contributed by atoms with Gasteiger partial charge in [-0.2, -0.15) is 4.68 Å². The van der Waals surface area contributed by atoms with Crippen LogP contribution in [-0.4, -0.2) is 44.2 Å². The zero-order chi connectivity index (χ0) is 16.0. The molecule has 0 spiro atoms. The summed E-state index contributed by atoms with van der Waals surface area (Å²) in [4.78, 5) is 38.5. The van der Waals surface area contributed by atoms with Gasteiger partial charge < -0.3 is 0 Å². The number of hydrogen-bond acceptors (Lipinski definition) is 5. The molecule has 2 aromatic rings. The maximum absolute atomic E-state index is 12.5. The van der Waals surface area contributed by atoms with E-state index in [0.717, 1.165) is 35.3 Å². The molecule has 7 nitrogen and oxygen atoms in total. The predicted octanol–water partition coefficient (Wildman–Crippen LogP) is 1.25. The molecule has 2 heterocycles. The highest BCUT2D eigenvalue weighted by Crippen LogP contribution is 2.37. The van der Waals surface area contributed by atoms with Gasteiger partial charge in [0.1, 0.15) is 12.1 Å². The van der Waals surface area contributed by atoms with Gasteiger partial charge in [0.25, 0.3) is 5.91 Å². The SMILES string of the molecule is O=C1[C@H]2CCCC[C@H]2C(=O)N1CC(=O)n1nnc2ccccc21. The monoisotopic (exact) mass is 312 g/mol. The van der Waals surface area contributed by atoms with Gasteiger partial charge in [-0.05, 0) is 25.0 Å². The number of imide groups is 1. The van der Waals surface area contributed by atoms with Crippen molar-refractivity contribution in [2.45, 2.75) is 25.7 Å². The molecule has 2 aliphatic rings. The van der Waals surface area contributed by atoms with E-state index in [1.165, 1.54) is 0 Å². The minimum atomic E-state index is -0.418. The number of benzene rings is 1. The third-order valence-electron chi connectivity index (χ3n) is 4.81. The molecule has 0 unspecified atom stereocenters. The number of nitrogens with zero attached hydrogens (tertiary/aromatic N) is 4. The lowest BCUT2D eigenvalue weighted by Gasteiger charge is -2.19. The summed E-state index contributed by atoms with van der Waals surface area (Å²) in [6.45, 7) is -0.266. The zero-order valence-electron chi connectivity index (χ0n) is 12.5. The molecule has 2 fully saturated rings. The molecule has 7 heteroatoms. The summed E-state index contributed by atoms with van der Waals surface area (Å²) >= 11 is 0. The third kappa shape index (κ3) is 2.15. The Balaban J connectivity index is 1.59. The van der Waals surface area contributed by atoms with E-state index in [1.54, 1.807) is 18.2 Å². The van der Waals surface area contributed by atoms with Crippen LogP contribution in [0.2, 0.25) is 0 Å². The van der Waals surface area contributed by atoms with Crippen molar-refractivity contribution in [2.75, 3.05) is 6.54 Å². The van der Waals surface area contributed by atoms with Crippen LogP contribution in [0.15, 0.2) is 24.3 Å². The van der Waals surface area contributed by atoms with Crippen LogP contribution >= 0.6 is 0 Å². The molecule has 1 aromatic heterocycles. The summed E-state index contributed by atoms with van der Waals surface area (Å²) < 4.78 is 1.16. The van der Waals surface area contributed by atoms with Crippen molar-refractivity contribution in [1.29, 1.82) is 0 Å². The van der Waals surface area contributed by atoms with Gasteiger partial charge in [-0.3, -0.25) is 19.3 Å². The second kappa shape index (κ2) is 5.26. The van der Waals surface area contributed by atoms with E-state index in [2.05, 4.69) is 10.3 Å². The van der Waals surface area contributed by atoms with E-state index in [0.29, 0.717) is 11.0 Å². The fourth-order valence-electron chi connectivity index (χ4n) is 3.64. The first-order valence-corrected chi connectivity index (χ1v) is 7.85. The normalized spacial score (nSPS) is 24.3. The number of carbonyl (C=O) groups is 3. The van der Waals surface area contributed by atoms with Crippen molar-refractivity contribution in [3.05, 3.63) is 24.3 Å². The first-order chi connectivity index (χ1) is 11.2. The van der Waals surface area contributed by atoms with Crippen LogP contribution in [0.4, 0.5) is 0 Å². The van der Waals surface area contributed by atoms with Gasteiger partial charge in [0.15, 0.2) is 0 Å². The number of amides is 2. The van der Waals surface area contributed by atoms with Crippen molar-refractivity contribution in [3.63, 3.8) is 0 Å². The van der Waals surface area contributed by atoms with Crippen molar-refractivity contribution in [1.82, 2.24) is 19.9 Å². The highest BCUT2D eigenvalue weighted by molar-refractivity contribution is 6.08. The molecular weight excluding hydrogens is 296 g/mol. The van der Waals surface area contributed by atoms with Gasteiger partial charge in [-0.15, -0.1) is 5.10 Å². The van der Waals surface area contributed by atoms with E-state index < -0.39 is 5.91 Å². The molecule has 1 aromatic carbocycles. The van der Waals surface area contributed by atoms with Crippen LogP contribution in [0.5, 0.6) is 0 Å². The van der Waals surface area contributed by atoms with Crippen molar-refractivity contribution in [3.8, 4) is 0 Å². The van der Waals surface area contributed by atoms with Crippen LogP contribution in [0, 0.1) is 11.8 Å². The standard InChI is InChI=1S/C16H16N4O3/c21-14(20-13-8-4-3-7-12(13)17-18-20)9-19-15(22)10-5-1-2-6-11(10)16(19)23/h3-4,7-8,10-11H,1-2,5-6,9H2/t10-,11+. The van der Waals surface area contributed by atoms with Crippen molar-refractivity contribution >= 4 is 28.8 Å². The fraction of sp³-hybridized carbons (Fsp3) is 0.438. The van der Waals surface area contributed by atoms with E-state index in [1.807, 2.05) is 6.07 Å². The highest BCUT2D eigenvalue weighted by Gasteiger charge is 2.48. The van der Waals surface area contributed by atoms with Gasteiger partial charge in [-0.25, -0.2) is 0 Å². The number of hydrogen-bond donors (Lipinski definition) is 0. The largest absolute Gasteiger partial charge is 0.274 e. The number of aromatic nitrogens is 3. The van der Waals surface area contributed by atoms with Crippen LogP contribution in [0.25, 0.3) is 11.0 Å². The Hall–Kier alpha value is -2.57. The number of likely N-dealkylation sites (tertiary alicyclic amines) is 1. The maximum Gasteiger partial charge on any atom is 0.268 e. The van der Waals surface area contributed by atoms with Gasteiger partial charge in [0, 0.05) is 0 Å².